The summed E-state index contributed by atoms with van der Waals surface area (Å²) < 4.78 is 5.51. The van der Waals surface area contributed by atoms with Gasteiger partial charge in [0, 0.05) is 37.7 Å². The van der Waals surface area contributed by atoms with Crippen LogP contribution in [-0.4, -0.2) is 52.2 Å². The van der Waals surface area contributed by atoms with Crippen LogP contribution in [0.4, 0.5) is 16.6 Å². The fraction of sp³-hybridized carbons (Fsp3) is 0.750. The molecule has 3 rings (SSSR count). The van der Waals surface area contributed by atoms with Crippen LogP contribution in [-0.2, 0) is 4.74 Å². The van der Waals surface area contributed by atoms with Gasteiger partial charge in [0.15, 0.2) is 0 Å². The number of aromatic nitrogens is 2. The number of carbonyl (C=O) groups is 1. The third-order valence-corrected chi connectivity index (χ3v) is 5.35. The molecular formula is C20H33N5O2. The normalized spacial score (nSPS) is 22.0. The smallest absolute Gasteiger partial charge is 0.410 e. The van der Waals surface area contributed by atoms with E-state index in [1.54, 1.807) is 4.90 Å². The van der Waals surface area contributed by atoms with Crippen molar-refractivity contribution in [1.82, 2.24) is 14.9 Å². The van der Waals surface area contributed by atoms with Gasteiger partial charge in [-0.15, -0.1) is 0 Å². The first kappa shape index (κ1) is 19.7. The third-order valence-electron chi connectivity index (χ3n) is 5.35. The van der Waals surface area contributed by atoms with Gasteiger partial charge in [0.1, 0.15) is 11.4 Å². The minimum atomic E-state index is -0.479. The van der Waals surface area contributed by atoms with Crippen LogP contribution in [0, 0.1) is 0 Å². The number of nitrogens with two attached hydrogens (primary N) is 1. The van der Waals surface area contributed by atoms with E-state index in [4.69, 9.17) is 10.5 Å². The Morgan fingerprint density at radius 3 is 2.52 bits per heavy atom. The van der Waals surface area contributed by atoms with Crippen LogP contribution in [0.5, 0.6) is 0 Å². The SMILES string of the molecule is C[C@H]1CN(C(=O)OC(C)(C)C)CCN1c1cc(C2CCCCC2)nc(N)n1. The predicted molar refractivity (Wildman–Crippen MR) is 107 cm³/mol. The summed E-state index contributed by atoms with van der Waals surface area (Å²) in [5, 5.41) is 0. The van der Waals surface area contributed by atoms with E-state index in [1.807, 2.05) is 20.8 Å². The maximum atomic E-state index is 12.4. The number of nitrogens with zero attached hydrogens (tertiary/aromatic N) is 4. The second-order valence-corrected chi connectivity index (χ2v) is 8.81. The molecule has 1 aromatic heterocycles. The molecule has 27 heavy (non-hydrogen) atoms. The zero-order chi connectivity index (χ0) is 19.6. The lowest BCUT2D eigenvalue weighted by Crippen LogP contribution is -2.54. The summed E-state index contributed by atoms with van der Waals surface area (Å²) in [5.74, 6) is 1.70. The van der Waals surface area contributed by atoms with Gasteiger partial charge in [0.05, 0.1) is 5.69 Å². The second-order valence-electron chi connectivity index (χ2n) is 8.81. The van der Waals surface area contributed by atoms with Gasteiger partial charge in [-0.25, -0.2) is 9.78 Å². The Bertz CT molecular complexity index is 667. The van der Waals surface area contributed by atoms with E-state index in [0.29, 0.717) is 31.5 Å². The first-order valence-corrected chi connectivity index (χ1v) is 10.1. The molecule has 1 aliphatic heterocycles. The number of hydrogen-bond acceptors (Lipinski definition) is 6. The van der Waals surface area contributed by atoms with Gasteiger partial charge < -0.3 is 20.3 Å². The highest BCUT2D eigenvalue weighted by Gasteiger charge is 2.31. The molecule has 2 fully saturated rings. The molecular weight excluding hydrogens is 342 g/mol. The molecule has 1 saturated carbocycles. The Hall–Kier alpha value is -2.05. The summed E-state index contributed by atoms with van der Waals surface area (Å²) in [5.41, 5.74) is 6.62. The monoisotopic (exact) mass is 375 g/mol. The minimum absolute atomic E-state index is 0.139. The van der Waals surface area contributed by atoms with E-state index in [0.717, 1.165) is 11.5 Å². The van der Waals surface area contributed by atoms with Crippen LogP contribution in [0.15, 0.2) is 6.07 Å². The second kappa shape index (κ2) is 7.90. The average molecular weight is 376 g/mol. The number of hydrogen-bond donors (Lipinski definition) is 1. The lowest BCUT2D eigenvalue weighted by Gasteiger charge is -2.41. The number of nitrogen functional groups attached to an aromatic ring is 1. The van der Waals surface area contributed by atoms with Crippen molar-refractivity contribution in [1.29, 1.82) is 0 Å². The largest absolute Gasteiger partial charge is 0.444 e. The van der Waals surface area contributed by atoms with Gasteiger partial charge in [-0.1, -0.05) is 19.3 Å². The molecule has 150 valence electrons. The zero-order valence-corrected chi connectivity index (χ0v) is 17.1. The molecule has 2 aliphatic rings. The maximum Gasteiger partial charge on any atom is 0.410 e. The molecule has 1 saturated heterocycles. The highest BCUT2D eigenvalue weighted by Crippen LogP contribution is 2.33. The Labute approximate surface area is 162 Å². The molecule has 1 aliphatic carbocycles. The summed E-state index contributed by atoms with van der Waals surface area (Å²) in [4.78, 5) is 25.4. The van der Waals surface area contributed by atoms with Gasteiger partial charge in [-0.2, -0.15) is 4.98 Å². The maximum absolute atomic E-state index is 12.4. The molecule has 1 aromatic rings. The van der Waals surface area contributed by atoms with Crippen molar-refractivity contribution < 1.29 is 9.53 Å². The van der Waals surface area contributed by atoms with Crippen LogP contribution in [0.1, 0.15) is 71.4 Å². The van der Waals surface area contributed by atoms with E-state index in [1.165, 1.54) is 32.1 Å². The summed E-state index contributed by atoms with van der Waals surface area (Å²) in [7, 11) is 0. The highest BCUT2D eigenvalue weighted by molar-refractivity contribution is 5.68. The lowest BCUT2D eigenvalue weighted by molar-refractivity contribution is 0.0218. The Morgan fingerprint density at radius 2 is 1.89 bits per heavy atom. The first-order valence-electron chi connectivity index (χ1n) is 10.1. The average Bonchev–Trinajstić information content (AvgIpc) is 2.60. The van der Waals surface area contributed by atoms with Crippen molar-refractivity contribution in [2.24, 2.45) is 0 Å². The highest BCUT2D eigenvalue weighted by atomic mass is 16.6. The van der Waals surface area contributed by atoms with E-state index in [2.05, 4.69) is 27.9 Å². The Morgan fingerprint density at radius 1 is 1.19 bits per heavy atom. The summed E-state index contributed by atoms with van der Waals surface area (Å²) in [6, 6.07) is 2.24. The quantitative estimate of drug-likeness (QED) is 0.851. The molecule has 0 radical (unpaired) electrons. The fourth-order valence-corrected chi connectivity index (χ4v) is 4.02. The van der Waals surface area contributed by atoms with Gasteiger partial charge in [-0.05, 0) is 40.5 Å². The lowest BCUT2D eigenvalue weighted by atomic mass is 9.87. The number of ether oxygens (including phenoxy) is 1. The predicted octanol–water partition coefficient (Wildman–Crippen LogP) is 3.55. The summed E-state index contributed by atoms with van der Waals surface area (Å²) >= 11 is 0. The number of rotatable bonds is 2. The van der Waals surface area contributed by atoms with Gasteiger partial charge in [0.2, 0.25) is 5.95 Å². The van der Waals surface area contributed by atoms with E-state index < -0.39 is 5.60 Å². The first-order chi connectivity index (χ1) is 12.7. The van der Waals surface area contributed by atoms with Gasteiger partial charge in [-0.3, -0.25) is 0 Å². The third kappa shape index (κ3) is 5.02. The molecule has 7 nitrogen and oxygen atoms in total. The Balaban J connectivity index is 1.70. The molecule has 0 aromatic carbocycles. The molecule has 1 atom stereocenters. The number of carbonyl (C=O) groups excluding carboxylic acids is 1. The molecule has 7 heteroatoms. The zero-order valence-electron chi connectivity index (χ0n) is 17.1. The molecule has 2 heterocycles. The number of piperazine rings is 1. The molecule has 0 spiro atoms. The molecule has 0 bridgehead atoms. The van der Waals surface area contributed by atoms with Gasteiger partial charge >= 0.3 is 6.09 Å². The fourth-order valence-electron chi connectivity index (χ4n) is 4.02. The van der Waals surface area contributed by atoms with Crippen molar-refractivity contribution in [3.05, 3.63) is 11.8 Å². The van der Waals surface area contributed by atoms with Crippen molar-refractivity contribution in [3.63, 3.8) is 0 Å². The van der Waals surface area contributed by atoms with Crippen LogP contribution in [0.25, 0.3) is 0 Å². The number of anilines is 2. The van der Waals surface area contributed by atoms with E-state index in [9.17, 15) is 4.79 Å². The van der Waals surface area contributed by atoms with Crippen molar-refractivity contribution in [2.75, 3.05) is 30.3 Å². The number of amides is 1. The molecule has 2 N–H and O–H groups in total. The summed E-state index contributed by atoms with van der Waals surface area (Å²) in [6.07, 6.45) is 5.94. The van der Waals surface area contributed by atoms with Crippen LogP contribution < -0.4 is 10.6 Å². The molecule has 1 amide bonds. The Kier molecular flexibility index (Phi) is 5.77. The van der Waals surface area contributed by atoms with Gasteiger partial charge in [0.25, 0.3) is 0 Å². The molecule has 0 unspecified atom stereocenters. The van der Waals surface area contributed by atoms with Crippen LogP contribution in [0.2, 0.25) is 0 Å². The van der Waals surface area contributed by atoms with Crippen LogP contribution in [0.3, 0.4) is 0 Å². The summed E-state index contributed by atoms with van der Waals surface area (Å²) in [6.45, 7) is 9.71. The van der Waals surface area contributed by atoms with E-state index >= 15 is 0 Å². The van der Waals surface area contributed by atoms with Crippen molar-refractivity contribution >= 4 is 17.9 Å². The topological polar surface area (TPSA) is 84.6 Å². The standard InChI is InChI=1S/C20H33N5O2/c1-14-13-24(19(26)27-20(2,3)4)10-11-25(14)17-12-16(22-18(21)23-17)15-8-6-5-7-9-15/h12,14-15H,5-11,13H2,1-4H3,(H2,21,22,23)/t14-/m0/s1. The van der Waals surface area contributed by atoms with Crippen molar-refractivity contribution in [2.45, 2.75) is 77.4 Å². The van der Waals surface area contributed by atoms with E-state index in [-0.39, 0.29) is 12.1 Å². The minimum Gasteiger partial charge on any atom is -0.444 e. The van der Waals surface area contributed by atoms with Crippen molar-refractivity contribution in [3.8, 4) is 0 Å². The van der Waals surface area contributed by atoms with Crippen LogP contribution >= 0.6 is 0 Å².